The fraction of sp³-hybridized carbons (Fsp3) is 0.500. The van der Waals surface area contributed by atoms with Gasteiger partial charge in [0.15, 0.2) is 0 Å². The van der Waals surface area contributed by atoms with E-state index in [0.29, 0.717) is 6.04 Å². The van der Waals surface area contributed by atoms with E-state index in [0.717, 1.165) is 16.2 Å². The standard InChI is InChI=1S/C10H13BrN2S/c1-7-5-14-6-9(7)13-10-3-2-8(11)4-12-10/h2-4,7,9H,5-6H2,1H3,(H,12,13). The van der Waals surface area contributed by atoms with Crippen LogP contribution in [0.2, 0.25) is 0 Å². The van der Waals surface area contributed by atoms with E-state index in [9.17, 15) is 0 Å². The van der Waals surface area contributed by atoms with Crippen LogP contribution in [0.15, 0.2) is 22.8 Å². The van der Waals surface area contributed by atoms with Gasteiger partial charge in [-0.05, 0) is 39.7 Å². The predicted molar refractivity (Wildman–Crippen MR) is 65.8 cm³/mol. The summed E-state index contributed by atoms with van der Waals surface area (Å²) in [4.78, 5) is 4.31. The molecule has 0 aromatic carbocycles. The largest absolute Gasteiger partial charge is 0.366 e. The second kappa shape index (κ2) is 4.53. The summed E-state index contributed by atoms with van der Waals surface area (Å²) in [5.74, 6) is 4.17. The van der Waals surface area contributed by atoms with Crippen LogP contribution in [-0.2, 0) is 0 Å². The molecule has 0 spiro atoms. The van der Waals surface area contributed by atoms with Gasteiger partial charge in [-0.2, -0.15) is 11.8 Å². The third-order valence-corrected chi connectivity index (χ3v) is 4.25. The lowest BCUT2D eigenvalue weighted by atomic mass is 10.1. The summed E-state index contributed by atoms with van der Waals surface area (Å²) in [7, 11) is 0. The van der Waals surface area contributed by atoms with Crippen molar-refractivity contribution in [2.24, 2.45) is 5.92 Å². The van der Waals surface area contributed by atoms with E-state index in [1.54, 1.807) is 0 Å². The minimum atomic E-state index is 0.577. The highest BCUT2D eigenvalue weighted by Gasteiger charge is 2.23. The molecule has 0 amide bonds. The second-order valence-electron chi connectivity index (χ2n) is 3.63. The number of thioether (sulfide) groups is 1. The SMILES string of the molecule is CC1CSCC1Nc1ccc(Br)cn1. The number of nitrogens with one attached hydrogen (secondary N) is 1. The van der Waals surface area contributed by atoms with Gasteiger partial charge in [-0.1, -0.05) is 6.92 Å². The van der Waals surface area contributed by atoms with Crippen LogP contribution in [0.1, 0.15) is 6.92 Å². The van der Waals surface area contributed by atoms with Crippen LogP contribution in [0.25, 0.3) is 0 Å². The first kappa shape index (κ1) is 10.3. The maximum absolute atomic E-state index is 4.31. The van der Waals surface area contributed by atoms with Crippen molar-refractivity contribution in [3.63, 3.8) is 0 Å². The van der Waals surface area contributed by atoms with E-state index in [4.69, 9.17) is 0 Å². The fourth-order valence-corrected chi connectivity index (χ4v) is 3.14. The first-order valence-electron chi connectivity index (χ1n) is 4.71. The van der Waals surface area contributed by atoms with Crippen molar-refractivity contribution in [2.45, 2.75) is 13.0 Å². The molecule has 1 aliphatic rings. The molecule has 2 heterocycles. The third-order valence-electron chi connectivity index (χ3n) is 2.43. The van der Waals surface area contributed by atoms with Crippen molar-refractivity contribution >= 4 is 33.5 Å². The predicted octanol–water partition coefficient (Wildman–Crippen LogP) is 3.01. The molecule has 1 N–H and O–H groups in total. The zero-order valence-corrected chi connectivity index (χ0v) is 10.4. The van der Waals surface area contributed by atoms with Crippen molar-refractivity contribution in [3.05, 3.63) is 22.8 Å². The van der Waals surface area contributed by atoms with Gasteiger partial charge >= 0.3 is 0 Å². The van der Waals surface area contributed by atoms with Gasteiger partial charge in [-0.15, -0.1) is 0 Å². The molecular formula is C10H13BrN2S. The Morgan fingerprint density at radius 2 is 2.36 bits per heavy atom. The van der Waals surface area contributed by atoms with Crippen LogP contribution in [0.3, 0.4) is 0 Å². The zero-order valence-electron chi connectivity index (χ0n) is 8.03. The van der Waals surface area contributed by atoms with E-state index in [-0.39, 0.29) is 0 Å². The van der Waals surface area contributed by atoms with Crippen LogP contribution in [0.4, 0.5) is 5.82 Å². The van der Waals surface area contributed by atoms with Gasteiger partial charge in [0, 0.05) is 22.5 Å². The molecule has 2 rings (SSSR count). The maximum atomic E-state index is 4.31. The lowest BCUT2D eigenvalue weighted by Gasteiger charge is -2.16. The highest BCUT2D eigenvalue weighted by molar-refractivity contribution is 9.10. The maximum Gasteiger partial charge on any atom is 0.126 e. The number of rotatable bonds is 2. The van der Waals surface area contributed by atoms with Gasteiger partial charge in [-0.25, -0.2) is 4.98 Å². The number of nitrogens with zero attached hydrogens (tertiary/aromatic N) is 1. The number of hydrogen-bond acceptors (Lipinski definition) is 3. The van der Waals surface area contributed by atoms with Gasteiger partial charge in [-0.3, -0.25) is 0 Å². The van der Waals surface area contributed by atoms with Gasteiger partial charge in [0.1, 0.15) is 5.82 Å². The average Bonchev–Trinajstić information content (AvgIpc) is 2.56. The van der Waals surface area contributed by atoms with Gasteiger partial charge in [0.2, 0.25) is 0 Å². The minimum Gasteiger partial charge on any atom is -0.366 e. The van der Waals surface area contributed by atoms with Gasteiger partial charge in [0.25, 0.3) is 0 Å². The van der Waals surface area contributed by atoms with E-state index in [1.807, 2.05) is 30.1 Å². The first-order valence-corrected chi connectivity index (χ1v) is 6.66. The molecule has 2 nitrogen and oxygen atoms in total. The van der Waals surface area contributed by atoms with Gasteiger partial charge in [0.05, 0.1) is 0 Å². The molecule has 0 saturated carbocycles. The zero-order chi connectivity index (χ0) is 9.97. The van der Waals surface area contributed by atoms with E-state index >= 15 is 0 Å². The molecule has 14 heavy (non-hydrogen) atoms. The summed E-state index contributed by atoms with van der Waals surface area (Å²) >= 11 is 5.39. The molecule has 2 atom stereocenters. The lowest BCUT2D eigenvalue weighted by Crippen LogP contribution is -2.25. The van der Waals surface area contributed by atoms with Crippen molar-refractivity contribution < 1.29 is 0 Å². The molecule has 2 unspecified atom stereocenters. The Labute approximate surface area is 97.0 Å². The molecule has 1 aliphatic heterocycles. The normalized spacial score (nSPS) is 26.4. The van der Waals surface area contributed by atoms with Crippen molar-refractivity contribution in [1.82, 2.24) is 4.98 Å². The molecule has 0 bridgehead atoms. The summed E-state index contributed by atoms with van der Waals surface area (Å²) in [6.45, 7) is 2.29. The quantitative estimate of drug-likeness (QED) is 0.896. The number of pyridine rings is 1. The minimum absolute atomic E-state index is 0.577. The third kappa shape index (κ3) is 2.42. The molecule has 1 saturated heterocycles. The molecule has 0 aliphatic carbocycles. The number of anilines is 1. The summed E-state index contributed by atoms with van der Waals surface area (Å²) in [5, 5.41) is 3.47. The van der Waals surface area contributed by atoms with Crippen LogP contribution in [0, 0.1) is 5.92 Å². The lowest BCUT2D eigenvalue weighted by molar-refractivity contribution is 0.597. The molecular weight excluding hydrogens is 260 g/mol. The summed E-state index contributed by atoms with van der Waals surface area (Å²) in [6, 6.07) is 4.61. The highest BCUT2D eigenvalue weighted by atomic mass is 79.9. The van der Waals surface area contributed by atoms with E-state index in [1.165, 1.54) is 11.5 Å². The fourth-order valence-electron chi connectivity index (χ4n) is 1.50. The van der Waals surface area contributed by atoms with Crippen molar-refractivity contribution in [1.29, 1.82) is 0 Å². The molecule has 0 radical (unpaired) electrons. The smallest absolute Gasteiger partial charge is 0.126 e. The summed E-state index contributed by atoms with van der Waals surface area (Å²) in [5.41, 5.74) is 0. The van der Waals surface area contributed by atoms with E-state index in [2.05, 4.69) is 33.2 Å². The highest BCUT2D eigenvalue weighted by Crippen LogP contribution is 2.26. The van der Waals surface area contributed by atoms with Crippen LogP contribution >= 0.6 is 27.7 Å². The molecule has 4 heteroatoms. The van der Waals surface area contributed by atoms with Gasteiger partial charge < -0.3 is 5.32 Å². The van der Waals surface area contributed by atoms with Crippen LogP contribution in [-0.4, -0.2) is 22.5 Å². The Kier molecular flexibility index (Phi) is 3.34. The van der Waals surface area contributed by atoms with Crippen LogP contribution in [0.5, 0.6) is 0 Å². The Hall–Kier alpha value is -0.220. The number of halogens is 1. The molecule has 1 aromatic rings. The Balaban J connectivity index is 2.00. The molecule has 1 aromatic heterocycles. The van der Waals surface area contributed by atoms with Crippen molar-refractivity contribution in [2.75, 3.05) is 16.8 Å². The first-order chi connectivity index (χ1) is 6.75. The summed E-state index contributed by atoms with van der Waals surface area (Å²) in [6.07, 6.45) is 1.83. The molecule has 76 valence electrons. The average molecular weight is 273 g/mol. The number of hydrogen-bond donors (Lipinski definition) is 1. The van der Waals surface area contributed by atoms with Crippen molar-refractivity contribution in [3.8, 4) is 0 Å². The Morgan fingerprint density at radius 1 is 1.50 bits per heavy atom. The van der Waals surface area contributed by atoms with Crippen LogP contribution < -0.4 is 5.32 Å². The monoisotopic (exact) mass is 272 g/mol. The Morgan fingerprint density at radius 3 is 2.93 bits per heavy atom. The topological polar surface area (TPSA) is 24.9 Å². The number of aromatic nitrogens is 1. The van der Waals surface area contributed by atoms with E-state index < -0.39 is 0 Å². The summed E-state index contributed by atoms with van der Waals surface area (Å²) < 4.78 is 1.02. The Bertz CT molecular complexity index is 301. The molecule has 1 fully saturated rings. The second-order valence-corrected chi connectivity index (χ2v) is 5.62.